The highest BCUT2D eigenvalue weighted by Gasteiger charge is 2.20. The number of aromatic carboxylic acids is 1. The van der Waals surface area contributed by atoms with Crippen molar-refractivity contribution in [3.05, 3.63) is 47.3 Å². The first-order valence-corrected chi connectivity index (χ1v) is 6.82. The first-order valence-electron chi connectivity index (χ1n) is 6.82. The molecule has 0 aliphatic carbocycles. The van der Waals surface area contributed by atoms with Gasteiger partial charge in [-0.05, 0) is 6.07 Å². The molecule has 0 saturated carbocycles. The van der Waals surface area contributed by atoms with Crippen molar-refractivity contribution in [3.8, 4) is 5.75 Å². The Bertz CT molecular complexity index is 666. The molecule has 0 spiro atoms. The van der Waals surface area contributed by atoms with Crippen LogP contribution in [0.3, 0.4) is 0 Å². The van der Waals surface area contributed by atoms with E-state index < -0.39 is 5.97 Å². The summed E-state index contributed by atoms with van der Waals surface area (Å²) in [5.41, 5.74) is 2.09. The highest BCUT2D eigenvalue weighted by Crippen LogP contribution is 2.23. The summed E-state index contributed by atoms with van der Waals surface area (Å²) >= 11 is 0. The molecule has 0 fully saturated rings. The molecule has 0 amide bonds. The maximum Gasteiger partial charge on any atom is 0.339 e. The number of rotatable bonds is 3. The van der Waals surface area contributed by atoms with Crippen LogP contribution in [0.4, 0.5) is 0 Å². The molecule has 110 valence electrons. The van der Waals surface area contributed by atoms with E-state index in [1.54, 1.807) is 11.7 Å². The van der Waals surface area contributed by atoms with Gasteiger partial charge in [0.25, 0.3) is 0 Å². The van der Waals surface area contributed by atoms with E-state index in [1.165, 1.54) is 6.20 Å². The minimum atomic E-state index is -0.940. The molecule has 6 heteroatoms. The van der Waals surface area contributed by atoms with Crippen molar-refractivity contribution in [3.63, 3.8) is 0 Å². The third-order valence-electron chi connectivity index (χ3n) is 3.70. The van der Waals surface area contributed by atoms with Gasteiger partial charge in [0, 0.05) is 32.2 Å². The number of fused-ring (bicyclic) bond motifs is 1. The van der Waals surface area contributed by atoms with Gasteiger partial charge in [0.2, 0.25) is 0 Å². The van der Waals surface area contributed by atoms with E-state index in [0.29, 0.717) is 18.8 Å². The molecule has 21 heavy (non-hydrogen) atoms. The molecule has 1 N–H and O–H groups in total. The third kappa shape index (κ3) is 2.75. The first kappa shape index (κ1) is 13.6. The van der Waals surface area contributed by atoms with Crippen LogP contribution in [0, 0.1) is 0 Å². The van der Waals surface area contributed by atoms with E-state index >= 15 is 0 Å². The second-order valence-electron chi connectivity index (χ2n) is 5.10. The minimum absolute atomic E-state index is 0.260. The Morgan fingerprint density at radius 2 is 2.24 bits per heavy atom. The SMILES string of the molecule is Cn1ncc(C(=O)O)c1CN1CCOc2ccccc2C1. The second-order valence-corrected chi connectivity index (χ2v) is 5.10. The predicted molar refractivity (Wildman–Crippen MR) is 76.2 cm³/mol. The number of nitrogens with zero attached hydrogens (tertiary/aromatic N) is 3. The Balaban J connectivity index is 1.83. The standard InChI is InChI=1S/C15H17N3O3/c1-17-13(12(8-16-17)15(19)20)10-18-6-7-21-14-5-3-2-4-11(14)9-18/h2-5,8H,6-7,9-10H2,1H3,(H,19,20). The summed E-state index contributed by atoms with van der Waals surface area (Å²) in [6.45, 7) is 2.62. The van der Waals surface area contributed by atoms with Gasteiger partial charge in [0.05, 0.1) is 11.9 Å². The Morgan fingerprint density at radius 1 is 1.43 bits per heavy atom. The van der Waals surface area contributed by atoms with E-state index in [-0.39, 0.29) is 5.56 Å². The number of para-hydroxylation sites is 1. The fourth-order valence-corrected chi connectivity index (χ4v) is 2.56. The molecule has 0 radical (unpaired) electrons. The topological polar surface area (TPSA) is 67.6 Å². The number of aryl methyl sites for hydroxylation is 1. The molecular weight excluding hydrogens is 270 g/mol. The average Bonchev–Trinajstić information content (AvgIpc) is 2.70. The maximum atomic E-state index is 11.2. The number of carbonyl (C=O) groups is 1. The van der Waals surface area contributed by atoms with E-state index in [0.717, 1.165) is 24.4 Å². The molecule has 1 aliphatic rings. The smallest absolute Gasteiger partial charge is 0.339 e. The monoisotopic (exact) mass is 287 g/mol. The summed E-state index contributed by atoms with van der Waals surface area (Å²) in [5, 5.41) is 13.3. The van der Waals surface area contributed by atoms with Gasteiger partial charge in [0.15, 0.2) is 0 Å². The van der Waals surface area contributed by atoms with E-state index in [4.69, 9.17) is 4.74 Å². The molecule has 1 aromatic heterocycles. The molecular formula is C15H17N3O3. The van der Waals surface area contributed by atoms with Crippen molar-refractivity contribution < 1.29 is 14.6 Å². The van der Waals surface area contributed by atoms with Crippen LogP contribution in [0.5, 0.6) is 5.75 Å². The van der Waals surface area contributed by atoms with E-state index in [2.05, 4.69) is 10.00 Å². The Kier molecular flexibility index (Phi) is 3.62. The lowest BCUT2D eigenvalue weighted by atomic mass is 10.2. The number of carboxylic acids is 1. The zero-order valence-corrected chi connectivity index (χ0v) is 11.8. The zero-order valence-electron chi connectivity index (χ0n) is 11.8. The van der Waals surface area contributed by atoms with Crippen LogP contribution in [-0.2, 0) is 20.1 Å². The largest absolute Gasteiger partial charge is 0.492 e. The fraction of sp³-hybridized carbons (Fsp3) is 0.333. The summed E-state index contributed by atoms with van der Waals surface area (Å²) in [5.74, 6) is -0.0342. The number of carboxylic acid groups (broad SMARTS) is 1. The predicted octanol–water partition coefficient (Wildman–Crippen LogP) is 1.51. The van der Waals surface area contributed by atoms with E-state index in [1.807, 2.05) is 24.3 Å². The van der Waals surface area contributed by atoms with Gasteiger partial charge in [-0.15, -0.1) is 0 Å². The van der Waals surface area contributed by atoms with Crippen LogP contribution in [-0.4, -0.2) is 38.9 Å². The molecule has 0 saturated heterocycles. The zero-order chi connectivity index (χ0) is 14.8. The quantitative estimate of drug-likeness (QED) is 0.927. The van der Waals surface area contributed by atoms with Crippen molar-refractivity contribution in [2.45, 2.75) is 13.1 Å². The van der Waals surface area contributed by atoms with Crippen molar-refractivity contribution in [2.75, 3.05) is 13.2 Å². The lowest BCUT2D eigenvalue weighted by molar-refractivity contribution is 0.0694. The summed E-state index contributed by atoms with van der Waals surface area (Å²) in [6, 6.07) is 7.94. The fourth-order valence-electron chi connectivity index (χ4n) is 2.56. The van der Waals surface area contributed by atoms with Crippen LogP contribution >= 0.6 is 0 Å². The number of hydrogen-bond acceptors (Lipinski definition) is 4. The molecule has 2 aromatic rings. The molecule has 3 rings (SSSR count). The Morgan fingerprint density at radius 3 is 3.05 bits per heavy atom. The van der Waals surface area contributed by atoms with Gasteiger partial charge in [-0.1, -0.05) is 18.2 Å². The van der Waals surface area contributed by atoms with Gasteiger partial charge in [-0.2, -0.15) is 5.10 Å². The summed E-state index contributed by atoms with van der Waals surface area (Å²) in [4.78, 5) is 13.4. The van der Waals surface area contributed by atoms with Crippen molar-refractivity contribution in [2.24, 2.45) is 7.05 Å². The van der Waals surface area contributed by atoms with Crippen LogP contribution < -0.4 is 4.74 Å². The lowest BCUT2D eigenvalue weighted by Gasteiger charge is -2.19. The third-order valence-corrected chi connectivity index (χ3v) is 3.70. The summed E-state index contributed by atoms with van der Waals surface area (Å²) < 4.78 is 7.35. The Labute approximate surface area is 122 Å². The van der Waals surface area contributed by atoms with Crippen LogP contribution in [0.2, 0.25) is 0 Å². The second kappa shape index (κ2) is 5.57. The molecule has 0 atom stereocenters. The normalized spacial score (nSPS) is 15.1. The van der Waals surface area contributed by atoms with Crippen molar-refractivity contribution >= 4 is 5.97 Å². The number of benzene rings is 1. The molecule has 0 bridgehead atoms. The van der Waals surface area contributed by atoms with Gasteiger partial charge in [-0.25, -0.2) is 4.79 Å². The van der Waals surface area contributed by atoms with Crippen LogP contribution in [0.15, 0.2) is 30.5 Å². The highest BCUT2D eigenvalue weighted by molar-refractivity contribution is 5.88. The highest BCUT2D eigenvalue weighted by atomic mass is 16.5. The average molecular weight is 287 g/mol. The van der Waals surface area contributed by atoms with Crippen molar-refractivity contribution in [1.29, 1.82) is 0 Å². The van der Waals surface area contributed by atoms with Gasteiger partial charge >= 0.3 is 5.97 Å². The van der Waals surface area contributed by atoms with Crippen molar-refractivity contribution in [1.82, 2.24) is 14.7 Å². The Hall–Kier alpha value is -2.34. The molecule has 6 nitrogen and oxygen atoms in total. The number of aromatic nitrogens is 2. The molecule has 1 aliphatic heterocycles. The van der Waals surface area contributed by atoms with Gasteiger partial charge in [0.1, 0.15) is 17.9 Å². The maximum absolute atomic E-state index is 11.2. The number of hydrogen-bond donors (Lipinski definition) is 1. The van der Waals surface area contributed by atoms with Crippen LogP contribution in [0.25, 0.3) is 0 Å². The summed E-state index contributed by atoms with van der Waals surface area (Å²) in [7, 11) is 1.77. The van der Waals surface area contributed by atoms with Gasteiger partial charge in [-0.3, -0.25) is 9.58 Å². The van der Waals surface area contributed by atoms with Gasteiger partial charge < -0.3 is 9.84 Å². The van der Waals surface area contributed by atoms with Crippen LogP contribution in [0.1, 0.15) is 21.6 Å². The molecule has 2 heterocycles. The summed E-state index contributed by atoms with van der Waals surface area (Å²) in [6.07, 6.45) is 1.40. The molecule has 0 unspecified atom stereocenters. The van der Waals surface area contributed by atoms with E-state index in [9.17, 15) is 9.90 Å². The first-order chi connectivity index (χ1) is 10.1. The number of ether oxygens (including phenoxy) is 1. The minimum Gasteiger partial charge on any atom is -0.492 e. The molecule has 1 aromatic carbocycles. The lowest BCUT2D eigenvalue weighted by Crippen LogP contribution is -2.27.